The Hall–Kier alpha value is -4.83. The molecule has 0 atom stereocenters. The number of nitrogens with zero attached hydrogens (tertiary/aromatic N) is 3. The van der Waals surface area contributed by atoms with E-state index in [1.807, 2.05) is 55.5 Å². The van der Waals surface area contributed by atoms with Crippen molar-refractivity contribution in [2.45, 2.75) is 18.7 Å². The molecule has 1 amide bonds. The van der Waals surface area contributed by atoms with Gasteiger partial charge < -0.3 is 10.1 Å². The molecule has 9 nitrogen and oxygen atoms in total. The Morgan fingerprint density at radius 2 is 1.67 bits per heavy atom. The van der Waals surface area contributed by atoms with Gasteiger partial charge in [-0.2, -0.15) is 0 Å². The number of nitrogens with one attached hydrogen (secondary N) is 2. The lowest BCUT2D eigenvalue weighted by Crippen LogP contribution is -2.16. The fourth-order valence-electron chi connectivity index (χ4n) is 3.99. The van der Waals surface area contributed by atoms with E-state index in [1.54, 1.807) is 19.1 Å². The number of hydrogen-bond acceptors (Lipinski definition) is 7. The maximum atomic E-state index is 13.4. The number of rotatable bonds is 8. The second kappa shape index (κ2) is 10.9. The minimum atomic E-state index is -3.90. The topological polar surface area (TPSA) is 123 Å². The normalized spacial score (nSPS) is 11.2. The molecule has 0 saturated carbocycles. The van der Waals surface area contributed by atoms with Crippen LogP contribution in [0.2, 0.25) is 0 Å². The third-order valence-corrected chi connectivity index (χ3v) is 7.21. The molecule has 0 saturated heterocycles. The van der Waals surface area contributed by atoms with Gasteiger partial charge in [0, 0.05) is 28.5 Å². The third kappa shape index (κ3) is 5.86. The number of carbonyl (C=O) groups excluding carboxylic acids is 1. The summed E-state index contributed by atoms with van der Waals surface area (Å²) in [6, 6.07) is 24.2. The van der Waals surface area contributed by atoms with Gasteiger partial charge >= 0.3 is 0 Å². The molecule has 0 radical (unpaired) electrons. The molecule has 0 bridgehead atoms. The highest BCUT2D eigenvalue weighted by molar-refractivity contribution is 7.92. The van der Waals surface area contributed by atoms with Crippen LogP contribution in [-0.2, 0) is 10.0 Å². The molecular formula is C29H25N5O4S. The molecule has 0 fully saturated rings. The Morgan fingerprint density at radius 3 is 2.38 bits per heavy atom. The Balaban J connectivity index is 1.39. The van der Waals surface area contributed by atoms with Crippen LogP contribution in [0, 0.1) is 6.92 Å². The molecule has 2 aromatic heterocycles. The van der Waals surface area contributed by atoms with E-state index in [4.69, 9.17) is 9.72 Å². The predicted octanol–water partition coefficient (Wildman–Crippen LogP) is 5.45. The SMILES string of the molecule is CCOc1ccc(-c2cc(C(=O)Nc3ccc(S(=O)(=O)Nc4nccc(C)n4)cc3)c3ccccc3n2)cc1. The van der Waals surface area contributed by atoms with E-state index < -0.39 is 10.0 Å². The van der Waals surface area contributed by atoms with Crippen LogP contribution >= 0.6 is 0 Å². The molecule has 3 aromatic carbocycles. The van der Waals surface area contributed by atoms with Crippen molar-refractivity contribution in [1.29, 1.82) is 0 Å². The summed E-state index contributed by atoms with van der Waals surface area (Å²) in [6.45, 7) is 4.24. The molecule has 10 heteroatoms. The summed E-state index contributed by atoms with van der Waals surface area (Å²) >= 11 is 0. The van der Waals surface area contributed by atoms with E-state index in [0.717, 1.165) is 11.3 Å². The Kier molecular flexibility index (Phi) is 7.20. The smallest absolute Gasteiger partial charge is 0.264 e. The molecule has 0 spiro atoms. The van der Waals surface area contributed by atoms with Crippen LogP contribution < -0.4 is 14.8 Å². The second-order valence-electron chi connectivity index (χ2n) is 8.64. The van der Waals surface area contributed by atoms with Crippen LogP contribution in [0.4, 0.5) is 11.6 Å². The van der Waals surface area contributed by atoms with Gasteiger partial charge in [-0.05, 0) is 80.6 Å². The number of aromatic nitrogens is 3. The molecular weight excluding hydrogens is 514 g/mol. The molecule has 39 heavy (non-hydrogen) atoms. The summed E-state index contributed by atoms with van der Waals surface area (Å²) < 4.78 is 33.4. The van der Waals surface area contributed by atoms with Crippen LogP contribution in [0.3, 0.4) is 0 Å². The van der Waals surface area contributed by atoms with Crippen LogP contribution in [-0.4, -0.2) is 35.9 Å². The Morgan fingerprint density at radius 1 is 0.923 bits per heavy atom. The Bertz CT molecular complexity index is 1760. The number of aryl methyl sites for hydroxylation is 1. The molecule has 5 aromatic rings. The van der Waals surface area contributed by atoms with Crippen LogP contribution in [0.25, 0.3) is 22.2 Å². The summed E-state index contributed by atoms with van der Waals surface area (Å²) in [7, 11) is -3.90. The van der Waals surface area contributed by atoms with E-state index >= 15 is 0 Å². The summed E-state index contributed by atoms with van der Waals surface area (Å²) in [5, 5.41) is 3.56. The Labute approximate surface area is 226 Å². The van der Waals surface area contributed by atoms with Gasteiger partial charge in [0.2, 0.25) is 5.95 Å². The molecule has 0 aliphatic heterocycles. The number of pyridine rings is 1. The molecule has 0 unspecified atom stereocenters. The number of fused-ring (bicyclic) bond motifs is 1. The lowest BCUT2D eigenvalue weighted by Gasteiger charge is -2.12. The van der Waals surface area contributed by atoms with Gasteiger partial charge in [-0.15, -0.1) is 0 Å². The summed E-state index contributed by atoms with van der Waals surface area (Å²) in [4.78, 5) is 26.2. The van der Waals surface area contributed by atoms with Crippen molar-refractivity contribution in [3.05, 3.63) is 102 Å². The van der Waals surface area contributed by atoms with Crippen molar-refractivity contribution in [1.82, 2.24) is 15.0 Å². The maximum absolute atomic E-state index is 13.4. The third-order valence-electron chi connectivity index (χ3n) is 5.86. The first-order valence-electron chi connectivity index (χ1n) is 12.2. The summed E-state index contributed by atoms with van der Waals surface area (Å²) in [6.07, 6.45) is 1.48. The molecule has 2 heterocycles. The first kappa shape index (κ1) is 25.8. The number of benzene rings is 3. The van der Waals surface area contributed by atoms with Crippen molar-refractivity contribution in [3.63, 3.8) is 0 Å². The number of ether oxygens (including phenoxy) is 1. The van der Waals surface area contributed by atoms with E-state index in [1.165, 1.54) is 30.5 Å². The minimum Gasteiger partial charge on any atom is -0.494 e. The number of carbonyl (C=O) groups is 1. The highest BCUT2D eigenvalue weighted by atomic mass is 32.2. The van der Waals surface area contributed by atoms with Crippen molar-refractivity contribution >= 4 is 38.5 Å². The van der Waals surface area contributed by atoms with Gasteiger partial charge in [-0.3, -0.25) is 4.79 Å². The molecule has 0 aliphatic rings. The van der Waals surface area contributed by atoms with Gasteiger partial charge in [0.15, 0.2) is 0 Å². The second-order valence-corrected chi connectivity index (χ2v) is 10.3. The van der Waals surface area contributed by atoms with Gasteiger partial charge in [0.1, 0.15) is 5.75 Å². The van der Waals surface area contributed by atoms with Crippen molar-refractivity contribution in [2.75, 3.05) is 16.6 Å². The fourth-order valence-corrected chi connectivity index (χ4v) is 4.94. The van der Waals surface area contributed by atoms with Crippen LogP contribution in [0.1, 0.15) is 23.0 Å². The monoisotopic (exact) mass is 539 g/mol. The highest BCUT2D eigenvalue weighted by Gasteiger charge is 2.18. The van der Waals surface area contributed by atoms with E-state index in [9.17, 15) is 13.2 Å². The number of para-hydroxylation sites is 1. The van der Waals surface area contributed by atoms with Crippen LogP contribution in [0.5, 0.6) is 5.75 Å². The molecule has 0 aliphatic carbocycles. The summed E-state index contributed by atoms with van der Waals surface area (Å²) in [5.41, 5.74) is 3.69. The van der Waals surface area contributed by atoms with Crippen molar-refractivity contribution in [3.8, 4) is 17.0 Å². The molecule has 2 N–H and O–H groups in total. The van der Waals surface area contributed by atoms with Gasteiger partial charge in [-0.25, -0.2) is 28.1 Å². The van der Waals surface area contributed by atoms with Gasteiger partial charge in [0.25, 0.3) is 15.9 Å². The zero-order valence-corrected chi connectivity index (χ0v) is 22.1. The number of hydrogen-bond donors (Lipinski definition) is 2. The average Bonchev–Trinajstić information content (AvgIpc) is 2.93. The predicted molar refractivity (Wildman–Crippen MR) is 150 cm³/mol. The lowest BCUT2D eigenvalue weighted by atomic mass is 10.0. The van der Waals surface area contributed by atoms with Crippen molar-refractivity contribution in [2.24, 2.45) is 0 Å². The first-order chi connectivity index (χ1) is 18.8. The van der Waals surface area contributed by atoms with E-state index in [2.05, 4.69) is 20.0 Å². The first-order valence-corrected chi connectivity index (χ1v) is 13.7. The average molecular weight is 540 g/mol. The van der Waals surface area contributed by atoms with Gasteiger partial charge in [0.05, 0.1) is 28.3 Å². The van der Waals surface area contributed by atoms with Gasteiger partial charge in [-0.1, -0.05) is 18.2 Å². The zero-order chi connectivity index (χ0) is 27.4. The summed E-state index contributed by atoms with van der Waals surface area (Å²) in [5.74, 6) is 0.398. The molecule has 196 valence electrons. The maximum Gasteiger partial charge on any atom is 0.264 e. The molecule has 5 rings (SSSR count). The van der Waals surface area contributed by atoms with E-state index in [0.29, 0.717) is 40.1 Å². The fraction of sp³-hybridized carbons (Fsp3) is 0.103. The highest BCUT2D eigenvalue weighted by Crippen LogP contribution is 2.27. The minimum absolute atomic E-state index is 0.0118. The number of sulfonamides is 1. The largest absolute Gasteiger partial charge is 0.494 e. The van der Waals surface area contributed by atoms with Crippen LogP contribution in [0.15, 0.2) is 96.0 Å². The number of amides is 1. The number of anilines is 2. The van der Waals surface area contributed by atoms with Crippen molar-refractivity contribution < 1.29 is 17.9 Å². The lowest BCUT2D eigenvalue weighted by molar-refractivity contribution is 0.102. The zero-order valence-electron chi connectivity index (χ0n) is 21.3. The quantitative estimate of drug-likeness (QED) is 0.269. The van der Waals surface area contributed by atoms with E-state index in [-0.39, 0.29) is 16.8 Å². The standard InChI is InChI=1S/C29H25N5O4S/c1-3-38-22-12-8-20(9-13-22)27-18-25(24-6-4-5-7-26(24)33-27)28(35)32-21-10-14-23(15-11-21)39(36,37)34-29-30-17-16-19(2)31-29/h4-18H,3H2,1-2H3,(H,32,35)(H,30,31,34).